The van der Waals surface area contributed by atoms with Crippen molar-refractivity contribution in [2.45, 2.75) is 43.7 Å². The highest BCUT2D eigenvalue weighted by molar-refractivity contribution is 6.30. The average molecular weight is 477 g/mol. The van der Waals surface area contributed by atoms with Crippen molar-refractivity contribution in [3.63, 3.8) is 0 Å². The van der Waals surface area contributed by atoms with Gasteiger partial charge in [-0.2, -0.15) is 0 Å². The molecule has 1 saturated heterocycles. The van der Waals surface area contributed by atoms with Gasteiger partial charge in [0, 0.05) is 23.4 Å². The van der Waals surface area contributed by atoms with Gasteiger partial charge in [0.1, 0.15) is 5.75 Å². The van der Waals surface area contributed by atoms with Crippen molar-refractivity contribution >= 4 is 23.4 Å². The van der Waals surface area contributed by atoms with E-state index in [2.05, 4.69) is 10.6 Å². The molecule has 6 heteroatoms. The highest BCUT2D eigenvalue weighted by Crippen LogP contribution is 2.31. The van der Waals surface area contributed by atoms with Crippen LogP contribution in [0.5, 0.6) is 5.75 Å². The predicted molar refractivity (Wildman–Crippen MR) is 134 cm³/mol. The summed E-state index contributed by atoms with van der Waals surface area (Å²) in [5.74, 6) is 0.755. The van der Waals surface area contributed by atoms with Crippen molar-refractivity contribution in [1.29, 1.82) is 0 Å². The molecule has 0 spiro atoms. The number of hydrogen-bond acceptors (Lipinski definition) is 3. The number of benzene rings is 3. The first-order valence-corrected chi connectivity index (χ1v) is 11.9. The second-order valence-electron chi connectivity index (χ2n) is 8.82. The Balaban J connectivity index is 1.48. The van der Waals surface area contributed by atoms with E-state index in [0.717, 1.165) is 22.4 Å². The van der Waals surface area contributed by atoms with Gasteiger partial charge < -0.3 is 15.4 Å². The minimum atomic E-state index is -0.441. The molecule has 176 valence electrons. The van der Waals surface area contributed by atoms with E-state index in [0.29, 0.717) is 37.1 Å². The zero-order valence-corrected chi connectivity index (χ0v) is 20.0. The number of hydrogen-bond donors (Lipinski definition) is 2. The van der Waals surface area contributed by atoms with Gasteiger partial charge in [0.25, 0.3) is 0 Å². The Morgan fingerprint density at radius 2 is 1.79 bits per heavy atom. The fourth-order valence-corrected chi connectivity index (χ4v) is 4.73. The van der Waals surface area contributed by atoms with Crippen molar-refractivity contribution in [2.75, 3.05) is 7.11 Å². The Hall–Kier alpha value is -3.31. The number of ether oxygens (including phenoxy) is 1. The van der Waals surface area contributed by atoms with E-state index in [9.17, 15) is 9.59 Å². The molecular formula is C28H29ClN2O3. The van der Waals surface area contributed by atoms with Gasteiger partial charge in [-0.15, -0.1) is 0 Å². The van der Waals surface area contributed by atoms with E-state index in [1.165, 1.54) is 0 Å². The summed E-state index contributed by atoms with van der Waals surface area (Å²) in [5.41, 5.74) is 2.59. The lowest BCUT2D eigenvalue weighted by molar-refractivity contribution is -0.123. The van der Waals surface area contributed by atoms with Crippen molar-refractivity contribution in [2.24, 2.45) is 0 Å². The largest absolute Gasteiger partial charge is 0.497 e. The highest BCUT2D eigenvalue weighted by atomic mass is 35.5. The molecule has 2 N–H and O–H groups in total. The monoisotopic (exact) mass is 476 g/mol. The number of methoxy groups -OCH3 is 1. The third kappa shape index (κ3) is 5.97. The first-order valence-electron chi connectivity index (χ1n) is 11.5. The van der Waals surface area contributed by atoms with Crippen LogP contribution in [0.1, 0.15) is 48.4 Å². The van der Waals surface area contributed by atoms with Crippen LogP contribution in [0.3, 0.4) is 0 Å². The minimum absolute atomic E-state index is 0.0339. The molecule has 4 rings (SSSR count). The number of rotatable bonds is 9. The van der Waals surface area contributed by atoms with Crippen molar-refractivity contribution in [3.05, 3.63) is 101 Å². The summed E-state index contributed by atoms with van der Waals surface area (Å²) in [6, 6.07) is 25.0. The Kier molecular flexibility index (Phi) is 7.53. The summed E-state index contributed by atoms with van der Waals surface area (Å²) in [6.45, 7) is 0. The molecule has 1 aliphatic heterocycles. The van der Waals surface area contributed by atoms with E-state index < -0.39 is 5.54 Å². The SMILES string of the molecule is COc1cccc(C[C@@]2(CCC(=O)N[C@H](c3ccccc3)c3ccc(Cl)cc3)CCC(=O)N2)c1. The smallest absolute Gasteiger partial charge is 0.220 e. The molecule has 0 aliphatic carbocycles. The fourth-order valence-electron chi connectivity index (χ4n) is 4.60. The summed E-state index contributed by atoms with van der Waals surface area (Å²) in [6.07, 6.45) is 2.70. The topological polar surface area (TPSA) is 67.4 Å². The quantitative estimate of drug-likeness (QED) is 0.444. The van der Waals surface area contributed by atoms with Crippen LogP contribution in [0.4, 0.5) is 0 Å². The zero-order chi connectivity index (χ0) is 24.0. The summed E-state index contributed by atoms with van der Waals surface area (Å²) in [7, 11) is 1.64. The highest BCUT2D eigenvalue weighted by Gasteiger charge is 2.38. The van der Waals surface area contributed by atoms with Crippen LogP contribution in [-0.2, 0) is 16.0 Å². The van der Waals surface area contributed by atoms with E-state index in [4.69, 9.17) is 16.3 Å². The lowest BCUT2D eigenvalue weighted by atomic mass is 9.84. The number of amides is 2. The molecule has 0 radical (unpaired) electrons. The summed E-state index contributed by atoms with van der Waals surface area (Å²) >= 11 is 6.07. The zero-order valence-electron chi connectivity index (χ0n) is 19.2. The predicted octanol–water partition coefficient (Wildman–Crippen LogP) is 5.23. The Labute approximate surface area is 205 Å². The Bertz CT molecular complexity index is 1130. The maximum absolute atomic E-state index is 13.1. The third-order valence-electron chi connectivity index (χ3n) is 6.38. The van der Waals surface area contributed by atoms with Crippen LogP contribution in [0.25, 0.3) is 0 Å². The van der Waals surface area contributed by atoms with Gasteiger partial charge >= 0.3 is 0 Å². The van der Waals surface area contributed by atoms with Gasteiger partial charge in [-0.05, 0) is 60.2 Å². The van der Waals surface area contributed by atoms with Gasteiger partial charge in [-0.3, -0.25) is 9.59 Å². The summed E-state index contributed by atoms with van der Waals surface area (Å²) < 4.78 is 5.35. The molecule has 0 bridgehead atoms. The number of carbonyl (C=O) groups is 2. The summed E-state index contributed by atoms with van der Waals surface area (Å²) in [5, 5.41) is 7.00. The van der Waals surface area contributed by atoms with Crippen molar-refractivity contribution in [1.82, 2.24) is 10.6 Å². The lowest BCUT2D eigenvalue weighted by Crippen LogP contribution is -2.44. The van der Waals surface area contributed by atoms with E-state index >= 15 is 0 Å². The first kappa shape index (κ1) is 23.8. The second kappa shape index (κ2) is 10.7. The number of nitrogens with one attached hydrogen (secondary N) is 2. The van der Waals surface area contributed by atoms with Crippen LogP contribution < -0.4 is 15.4 Å². The lowest BCUT2D eigenvalue weighted by Gasteiger charge is -2.30. The minimum Gasteiger partial charge on any atom is -0.497 e. The molecule has 5 nitrogen and oxygen atoms in total. The van der Waals surface area contributed by atoms with Gasteiger partial charge in [-0.1, -0.05) is 66.2 Å². The Morgan fingerprint density at radius 3 is 2.47 bits per heavy atom. The molecule has 34 heavy (non-hydrogen) atoms. The van der Waals surface area contributed by atoms with E-state index in [1.54, 1.807) is 7.11 Å². The fraction of sp³-hybridized carbons (Fsp3) is 0.286. The number of carbonyl (C=O) groups excluding carboxylic acids is 2. The van der Waals surface area contributed by atoms with Gasteiger partial charge in [0.2, 0.25) is 11.8 Å². The maximum atomic E-state index is 13.1. The molecule has 0 aromatic heterocycles. The van der Waals surface area contributed by atoms with Gasteiger partial charge in [-0.25, -0.2) is 0 Å². The van der Waals surface area contributed by atoms with Gasteiger partial charge in [0.05, 0.1) is 13.2 Å². The van der Waals surface area contributed by atoms with Crippen LogP contribution in [0, 0.1) is 0 Å². The van der Waals surface area contributed by atoms with Crippen LogP contribution in [0.15, 0.2) is 78.9 Å². The average Bonchev–Trinajstić information content (AvgIpc) is 3.23. The molecule has 1 aliphatic rings. The molecule has 2 atom stereocenters. The molecule has 1 heterocycles. The molecule has 3 aromatic carbocycles. The maximum Gasteiger partial charge on any atom is 0.220 e. The molecule has 3 aromatic rings. The number of halogens is 1. The van der Waals surface area contributed by atoms with E-state index in [1.807, 2.05) is 78.9 Å². The molecule has 0 saturated carbocycles. The standard InChI is InChI=1S/C28H29ClN2O3/c1-34-24-9-5-6-20(18-24)19-28(17-15-26(33)31-28)16-14-25(32)30-27(21-7-3-2-4-8-21)22-10-12-23(29)13-11-22/h2-13,18,27H,14-17,19H2,1H3,(H,30,32)(H,31,33)/t27-,28-/m1/s1. The first-order chi connectivity index (χ1) is 16.5. The van der Waals surface area contributed by atoms with Crippen LogP contribution >= 0.6 is 11.6 Å². The van der Waals surface area contributed by atoms with Crippen LogP contribution in [0.2, 0.25) is 5.02 Å². The van der Waals surface area contributed by atoms with Crippen molar-refractivity contribution in [3.8, 4) is 5.75 Å². The van der Waals surface area contributed by atoms with E-state index in [-0.39, 0.29) is 17.9 Å². The second-order valence-corrected chi connectivity index (χ2v) is 9.26. The van der Waals surface area contributed by atoms with Gasteiger partial charge in [0.15, 0.2) is 0 Å². The molecule has 2 amide bonds. The van der Waals surface area contributed by atoms with Crippen molar-refractivity contribution < 1.29 is 14.3 Å². The molecule has 1 fully saturated rings. The molecule has 0 unspecified atom stereocenters. The van der Waals surface area contributed by atoms with Crippen LogP contribution in [-0.4, -0.2) is 24.5 Å². The third-order valence-corrected chi connectivity index (χ3v) is 6.64. The normalized spacial score (nSPS) is 18.2. The summed E-state index contributed by atoms with van der Waals surface area (Å²) in [4.78, 5) is 25.3. The Morgan fingerprint density at radius 1 is 1.06 bits per heavy atom. The molecular weight excluding hydrogens is 448 g/mol.